The van der Waals surface area contributed by atoms with Crippen molar-refractivity contribution >= 4 is 11.6 Å². The number of ether oxygens (including phenoxy) is 1. The first-order chi connectivity index (χ1) is 7.13. The topological polar surface area (TPSA) is 76.7 Å². The second kappa shape index (κ2) is 3.23. The highest BCUT2D eigenvalue weighted by Crippen LogP contribution is 2.13. The highest BCUT2D eigenvalue weighted by molar-refractivity contribution is 5.88. The molecule has 2 aromatic heterocycles. The number of nitrogens with zero attached hydrogens (tertiary/aromatic N) is 3. The number of carboxylic acids is 1. The van der Waals surface area contributed by atoms with Crippen molar-refractivity contribution in [2.24, 2.45) is 0 Å². The molecule has 6 heteroatoms. The Hall–Kier alpha value is -2.11. The van der Waals surface area contributed by atoms with Crippen molar-refractivity contribution in [1.29, 1.82) is 0 Å². The molecule has 0 spiro atoms. The number of hydrogen-bond donors (Lipinski definition) is 1. The summed E-state index contributed by atoms with van der Waals surface area (Å²) >= 11 is 0. The van der Waals surface area contributed by atoms with Gasteiger partial charge in [-0.2, -0.15) is 0 Å². The van der Waals surface area contributed by atoms with Gasteiger partial charge in [-0.15, -0.1) is 5.10 Å². The van der Waals surface area contributed by atoms with Crippen molar-refractivity contribution in [1.82, 2.24) is 14.6 Å². The quantitative estimate of drug-likeness (QED) is 0.786. The summed E-state index contributed by atoms with van der Waals surface area (Å²) in [6, 6.07) is 3.29. The average molecular weight is 207 g/mol. The third kappa shape index (κ3) is 1.39. The van der Waals surface area contributed by atoms with E-state index in [0.717, 1.165) is 0 Å². The van der Waals surface area contributed by atoms with Gasteiger partial charge < -0.3 is 9.84 Å². The number of aromatic carboxylic acids is 1. The van der Waals surface area contributed by atoms with E-state index >= 15 is 0 Å². The molecule has 0 aromatic carbocycles. The summed E-state index contributed by atoms with van der Waals surface area (Å²) in [4.78, 5) is 15.0. The summed E-state index contributed by atoms with van der Waals surface area (Å²) in [5.74, 6) is -0.705. The van der Waals surface area contributed by atoms with Gasteiger partial charge in [0, 0.05) is 6.07 Å². The zero-order chi connectivity index (χ0) is 11.0. The molecule has 6 nitrogen and oxygen atoms in total. The van der Waals surface area contributed by atoms with E-state index in [2.05, 4.69) is 10.1 Å². The molecule has 2 rings (SSSR count). The van der Waals surface area contributed by atoms with Crippen LogP contribution >= 0.6 is 0 Å². The average Bonchev–Trinajstić information content (AvgIpc) is 2.52. The monoisotopic (exact) mass is 207 g/mol. The Labute approximate surface area is 85.1 Å². The second-order valence-electron chi connectivity index (χ2n) is 3.00. The lowest BCUT2D eigenvalue weighted by molar-refractivity contribution is 0.0687. The van der Waals surface area contributed by atoms with Gasteiger partial charge in [0.15, 0.2) is 11.3 Å². The van der Waals surface area contributed by atoms with Crippen molar-refractivity contribution in [3.05, 3.63) is 23.5 Å². The third-order valence-electron chi connectivity index (χ3n) is 2.04. The largest absolute Gasteiger partial charge is 0.480 e. The van der Waals surface area contributed by atoms with E-state index < -0.39 is 5.97 Å². The van der Waals surface area contributed by atoms with Gasteiger partial charge in [0.25, 0.3) is 0 Å². The minimum Gasteiger partial charge on any atom is -0.480 e. The van der Waals surface area contributed by atoms with Crippen molar-refractivity contribution in [3.63, 3.8) is 0 Å². The molecule has 0 amide bonds. The van der Waals surface area contributed by atoms with Gasteiger partial charge >= 0.3 is 5.97 Å². The van der Waals surface area contributed by atoms with E-state index in [-0.39, 0.29) is 5.69 Å². The number of carboxylic acid groups (broad SMARTS) is 1. The molecule has 0 fully saturated rings. The summed E-state index contributed by atoms with van der Waals surface area (Å²) in [7, 11) is 1.47. The van der Waals surface area contributed by atoms with Gasteiger partial charge in [-0.25, -0.2) is 14.3 Å². The zero-order valence-corrected chi connectivity index (χ0v) is 8.26. The Bertz CT molecular complexity index is 533. The Morgan fingerprint density at radius 2 is 2.27 bits per heavy atom. The smallest absolute Gasteiger partial charge is 0.356 e. The summed E-state index contributed by atoms with van der Waals surface area (Å²) in [6.45, 7) is 1.63. The zero-order valence-electron chi connectivity index (χ0n) is 8.26. The first kappa shape index (κ1) is 9.45. The van der Waals surface area contributed by atoms with Crippen LogP contribution < -0.4 is 4.74 Å². The second-order valence-corrected chi connectivity index (χ2v) is 3.00. The van der Waals surface area contributed by atoms with Gasteiger partial charge in [0.2, 0.25) is 5.88 Å². The van der Waals surface area contributed by atoms with E-state index in [1.54, 1.807) is 19.1 Å². The standard InChI is InChI=1S/C9H9N3O3/c1-5-8(9(13)14)12-6(10-5)3-4-7(11-12)15-2/h3-4H,1-2H3,(H,13,14). The molecule has 0 bridgehead atoms. The molecule has 0 aliphatic heterocycles. The molecule has 0 unspecified atom stereocenters. The van der Waals surface area contributed by atoms with E-state index in [1.165, 1.54) is 11.6 Å². The molecule has 0 saturated heterocycles. The number of carbonyl (C=O) groups is 1. The van der Waals surface area contributed by atoms with Crippen LogP contribution in [0.15, 0.2) is 12.1 Å². The minimum absolute atomic E-state index is 0.0592. The third-order valence-corrected chi connectivity index (χ3v) is 2.04. The molecular formula is C9H9N3O3. The molecule has 2 aromatic rings. The molecule has 0 saturated carbocycles. The Morgan fingerprint density at radius 1 is 1.53 bits per heavy atom. The van der Waals surface area contributed by atoms with Crippen LogP contribution in [0.4, 0.5) is 0 Å². The van der Waals surface area contributed by atoms with E-state index in [0.29, 0.717) is 17.2 Å². The maximum Gasteiger partial charge on any atom is 0.356 e. The van der Waals surface area contributed by atoms with Crippen molar-refractivity contribution < 1.29 is 14.6 Å². The lowest BCUT2D eigenvalue weighted by Crippen LogP contribution is -2.06. The molecule has 0 aliphatic carbocycles. The molecule has 0 atom stereocenters. The van der Waals surface area contributed by atoms with Crippen LogP contribution in [-0.4, -0.2) is 32.8 Å². The Morgan fingerprint density at radius 3 is 2.87 bits per heavy atom. The number of aromatic nitrogens is 3. The molecule has 0 aliphatic rings. The Kier molecular flexibility index (Phi) is 2.03. The van der Waals surface area contributed by atoms with Gasteiger partial charge in [0.1, 0.15) is 0 Å². The molecular weight excluding hydrogens is 198 g/mol. The molecule has 15 heavy (non-hydrogen) atoms. The van der Waals surface area contributed by atoms with Crippen LogP contribution in [0.5, 0.6) is 5.88 Å². The maximum atomic E-state index is 11.0. The normalized spacial score (nSPS) is 10.5. The maximum absolute atomic E-state index is 11.0. The van der Waals surface area contributed by atoms with E-state index in [9.17, 15) is 4.79 Å². The van der Waals surface area contributed by atoms with Crippen LogP contribution in [-0.2, 0) is 0 Å². The summed E-state index contributed by atoms with van der Waals surface area (Å²) in [5, 5.41) is 13.0. The first-order valence-electron chi connectivity index (χ1n) is 4.27. The summed E-state index contributed by atoms with van der Waals surface area (Å²) in [6.07, 6.45) is 0. The fourth-order valence-corrected chi connectivity index (χ4v) is 1.38. The highest BCUT2D eigenvalue weighted by atomic mass is 16.5. The highest BCUT2D eigenvalue weighted by Gasteiger charge is 2.16. The fourth-order valence-electron chi connectivity index (χ4n) is 1.38. The number of methoxy groups -OCH3 is 1. The lowest BCUT2D eigenvalue weighted by atomic mass is 10.3. The van der Waals surface area contributed by atoms with Gasteiger partial charge in [-0.3, -0.25) is 0 Å². The first-order valence-corrected chi connectivity index (χ1v) is 4.27. The molecule has 1 N–H and O–H groups in total. The predicted molar refractivity (Wildman–Crippen MR) is 51.2 cm³/mol. The number of fused-ring (bicyclic) bond motifs is 1. The number of imidazole rings is 1. The molecule has 2 heterocycles. The van der Waals surface area contributed by atoms with Gasteiger partial charge in [-0.05, 0) is 13.0 Å². The van der Waals surface area contributed by atoms with Gasteiger partial charge in [0.05, 0.1) is 12.8 Å². The van der Waals surface area contributed by atoms with E-state index in [1.807, 2.05) is 0 Å². The summed E-state index contributed by atoms with van der Waals surface area (Å²) in [5.41, 5.74) is 0.984. The Balaban J connectivity index is 2.77. The summed E-state index contributed by atoms with van der Waals surface area (Å²) < 4.78 is 6.17. The van der Waals surface area contributed by atoms with Crippen LogP contribution in [0, 0.1) is 6.92 Å². The van der Waals surface area contributed by atoms with Gasteiger partial charge in [-0.1, -0.05) is 0 Å². The number of hydrogen-bond acceptors (Lipinski definition) is 4. The predicted octanol–water partition coefficient (Wildman–Crippen LogP) is 0.745. The van der Waals surface area contributed by atoms with Crippen LogP contribution in [0.2, 0.25) is 0 Å². The molecule has 0 radical (unpaired) electrons. The van der Waals surface area contributed by atoms with Crippen LogP contribution in [0.25, 0.3) is 5.65 Å². The lowest BCUT2D eigenvalue weighted by Gasteiger charge is -1.99. The SMILES string of the molecule is COc1ccc2nc(C)c(C(=O)O)n2n1. The number of aryl methyl sites for hydroxylation is 1. The van der Waals surface area contributed by atoms with Crippen molar-refractivity contribution in [2.45, 2.75) is 6.92 Å². The van der Waals surface area contributed by atoms with Crippen LogP contribution in [0.3, 0.4) is 0 Å². The number of rotatable bonds is 2. The minimum atomic E-state index is -1.05. The molecule has 78 valence electrons. The van der Waals surface area contributed by atoms with Crippen LogP contribution in [0.1, 0.15) is 16.2 Å². The fraction of sp³-hybridized carbons (Fsp3) is 0.222. The van der Waals surface area contributed by atoms with Crippen molar-refractivity contribution in [3.8, 4) is 5.88 Å². The van der Waals surface area contributed by atoms with Crippen molar-refractivity contribution in [2.75, 3.05) is 7.11 Å². The van der Waals surface area contributed by atoms with E-state index in [4.69, 9.17) is 9.84 Å².